The lowest BCUT2D eigenvalue weighted by Crippen LogP contribution is -2.12. The molecule has 0 unspecified atom stereocenters. The molecule has 28 heavy (non-hydrogen) atoms. The molecular formula is C20H17F2N3O2S. The highest BCUT2D eigenvalue weighted by atomic mass is 32.1. The topological polar surface area (TPSA) is 71.1 Å². The van der Waals surface area contributed by atoms with Crippen LogP contribution >= 0.6 is 11.3 Å². The summed E-state index contributed by atoms with van der Waals surface area (Å²) in [5, 5.41) is 7.58. The fraction of sp³-hybridized carbons (Fsp3) is 0.150. The number of benzene rings is 2. The summed E-state index contributed by atoms with van der Waals surface area (Å²) in [6.45, 7) is 1.44. The molecule has 0 aliphatic rings. The highest BCUT2D eigenvalue weighted by Crippen LogP contribution is 2.26. The normalized spacial score (nSPS) is 10.5. The molecule has 3 rings (SSSR count). The van der Waals surface area contributed by atoms with Crippen LogP contribution in [-0.2, 0) is 16.0 Å². The highest BCUT2D eigenvalue weighted by Gasteiger charge is 2.11. The zero-order chi connectivity index (χ0) is 20.1. The van der Waals surface area contributed by atoms with Gasteiger partial charge in [0.25, 0.3) is 0 Å². The molecule has 0 bridgehead atoms. The van der Waals surface area contributed by atoms with Gasteiger partial charge in [0.15, 0.2) is 5.13 Å². The van der Waals surface area contributed by atoms with Gasteiger partial charge in [0, 0.05) is 30.0 Å². The summed E-state index contributed by atoms with van der Waals surface area (Å²) in [4.78, 5) is 27.5. The van der Waals surface area contributed by atoms with Crippen molar-refractivity contribution in [2.24, 2.45) is 0 Å². The lowest BCUT2D eigenvalue weighted by Gasteiger charge is -2.04. The van der Waals surface area contributed by atoms with Crippen molar-refractivity contribution in [2.75, 3.05) is 10.6 Å². The average Bonchev–Trinajstić information content (AvgIpc) is 3.11. The van der Waals surface area contributed by atoms with E-state index in [9.17, 15) is 18.4 Å². The van der Waals surface area contributed by atoms with Gasteiger partial charge in [-0.05, 0) is 42.3 Å². The quantitative estimate of drug-likeness (QED) is 0.633. The van der Waals surface area contributed by atoms with Crippen LogP contribution < -0.4 is 10.6 Å². The Bertz CT molecular complexity index is 1000. The number of carbonyl (C=O) groups is 2. The fourth-order valence-corrected chi connectivity index (χ4v) is 3.29. The SMILES string of the molecule is CC(=O)Nc1ccc(-c2csc(NC(=O)CCc3cc(F)ccc3F)n2)cc1. The Morgan fingerprint density at radius 2 is 1.82 bits per heavy atom. The van der Waals surface area contributed by atoms with Gasteiger partial charge < -0.3 is 10.6 Å². The summed E-state index contributed by atoms with van der Waals surface area (Å²) < 4.78 is 26.8. The van der Waals surface area contributed by atoms with Gasteiger partial charge in [-0.1, -0.05) is 12.1 Å². The molecule has 0 aliphatic heterocycles. The lowest BCUT2D eigenvalue weighted by molar-refractivity contribution is -0.116. The van der Waals surface area contributed by atoms with Gasteiger partial charge in [0.05, 0.1) is 5.69 Å². The molecule has 144 valence electrons. The molecule has 2 amide bonds. The largest absolute Gasteiger partial charge is 0.326 e. The van der Waals surface area contributed by atoms with Gasteiger partial charge in [-0.3, -0.25) is 9.59 Å². The molecule has 0 saturated heterocycles. The molecule has 0 aliphatic carbocycles. The first kappa shape index (κ1) is 19.6. The van der Waals surface area contributed by atoms with Crippen LogP contribution in [-0.4, -0.2) is 16.8 Å². The minimum atomic E-state index is -0.536. The Labute approximate surface area is 164 Å². The minimum Gasteiger partial charge on any atom is -0.326 e. The number of thiazole rings is 1. The summed E-state index contributed by atoms with van der Waals surface area (Å²) in [5.41, 5.74) is 2.37. The number of halogens is 2. The second-order valence-corrected chi connectivity index (χ2v) is 6.94. The molecule has 2 aromatic carbocycles. The Kier molecular flexibility index (Phi) is 6.10. The average molecular weight is 401 g/mol. The van der Waals surface area contributed by atoms with Gasteiger partial charge >= 0.3 is 0 Å². The first-order chi connectivity index (χ1) is 13.4. The Balaban J connectivity index is 1.58. The molecule has 3 aromatic rings. The van der Waals surface area contributed by atoms with E-state index in [0.717, 1.165) is 23.8 Å². The summed E-state index contributed by atoms with van der Waals surface area (Å²) >= 11 is 1.27. The molecule has 0 spiro atoms. The van der Waals surface area contributed by atoms with Crippen molar-refractivity contribution < 1.29 is 18.4 Å². The number of aromatic nitrogens is 1. The van der Waals surface area contributed by atoms with Crippen LogP contribution in [0.25, 0.3) is 11.3 Å². The Morgan fingerprint density at radius 1 is 1.07 bits per heavy atom. The third-order valence-electron chi connectivity index (χ3n) is 3.88. The van der Waals surface area contributed by atoms with E-state index in [1.807, 2.05) is 12.1 Å². The van der Waals surface area contributed by atoms with Crippen LogP contribution in [0.1, 0.15) is 18.9 Å². The number of nitrogens with zero attached hydrogens (tertiary/aromatic N) is 1. The number of aryl methyl sites for hydroxylation is 1. The van der Waals surface area contributed by atoms with Crippen LogP contribution in [0.4, 0.5) is 19.6 Å². The van der Waals surface area contributed by atoms with Crippen molar-refractivity contribution in [2.45, 2.75) is 19.8 Å². The molecule has 1 aromatic heterocycles. The van der Waals surface area contributed by atoms with Crippen LogP contribution in [0.2, 0.25) is 0 Å². The molecule has 8 heteroatoms. The molecule has 2 N–H and O–H groups in total. The van der Waals surface area contributed by atoms with Crippen LogP contribution in [0.5, 0.6) is 0 Å². The molecule has 1 heterocycles. The van der Waals surface area contributed by atoms with Crippen molar-refractivity contribution >= 4 is 34.0 Å². The van der Waals surface area contributed by atoms with E-state index >= 15 is 0 Å². The third-order valence-corrected chi connectivity index (χ3v) is 4.64. The van der Waals surface area contributed by atoms with Crippen molar-refractivity contribution in [1.82, 2.24) is 4.98 Å². The summed E-state index contributed by atoms with van der Waals surface area (Å²) in [7, 11) is 0. The number of hydrogen-bond acceptors (Lipinski definition) is 4. The van der Waals surface area contributed by atoms with E-state index in [-0.39, 0.29) is 30.2 Å². The standard InChI is InChI=1S/C20H17F2N3O2S/c1-12(26)23-16-6-2-13(3-7-16)18-11-28-20(24-18)25-19(27)9-4-14-10-15(21)5-8-17(14)22/h2-3,5-8,10-11H,4,9H2,1H3,(H,23,26)(H,24,25,27). The molecule has 5 nitrogen and oxygen atoms in total. The van der Waals surface area contributed by atoms with Crippen LogP contribution in [0.3, 0.4) is 0 Å². The first-order valence-corrected chi connectivity index (χ1v) is 9.36. The molecule has 0 atom stereocenters. The van der Waals surface area contributed by atoms with E-state index in [0.29, 0.717) is 16.5 Å². The van der Waals surface area contributed by atoms with Crippen LogP contribution in [0.15, 0.2) is 47.8 Å². The molecular weight excluding hydrogens is 384 g/mol. The highest BCUT2D eigenvalue weighted by molar-refractivity contribution is 7.14. The maximum absolute atomic E-state index is 13.6. The summed E-state index contributed by atoms with van der Waals surface area (Å²) in [6.07, 6.45) is 0.110. The zero-order valence-corrected chi connectivity index (χ0v) is 15.8. The van der Waals surface area contributed by atoms with Crippen molar-refractivity contribution in [1.29, 1.82) is 0 Å². The number of rotatable bonds is 6. The predicted molar refractivity (Wildman–Crippen MR) is 105 cm³/mol. The second kappa shape index (κ2) is 8.71. The Hall–Kier alpha value is -3.13. The summed E-state index contributed by atoms with van der Waals surface area (Å²) in [6, 6.07) is 10.3. The van der Waals surface area contributed by atoms with E-state index in [4.69, 9.17) is 0 Å². The number of amides is 2. The number of hydrogen-bond donors (Lipinski definition) is 2. The van der Waals surface area contributed by atoms with Crippen molar-refractivity contribution in [3.05, 3.63) is 65.0 Å². The first-order valence-electron chi connectivity index (χ1n) is 8.48. The molecule has 0 radical (unpaired) electrons. The number of nitrogens with one attached hydrogen (secondary N) is 2. The van der Waals surface area contributed by atoms with E-state index in [1.165, 1.54) is 18.3 Å². The Morgan fingerprint density at radius 3 is 2.54 bits per heavy atom. The molecule has 0 saturated carbocycles. The summed E-state index contributed by atoms with van der Waals surface area (Å²) in [5.74, 6) is -1.55. The van der Waals surface area contributed by atoms with Gasteiger partial charge in [-0.25, -0.2) is 13.8 Å². The number of carbonyl (C=O) groups excluding carboxylic acids is 2. The van der Waals surface area contributed by atoms with E-state index in [2.05, 4.69) is 15.6 Å². The lowest BCUT2D eigenvalue weighted by atomic mass is 10.1. The van der Waals surface area contributed by atoms with Crippen molar-refractivity contribution in [3.8, 4) is 11.3 Å². The van der Waals surface area contributed by atoms with Gasteiger partial charge in [-0.2, -0.15) is 0 Å². The second-order valence-electron chi connectivity index (χ2n) is 6.08. The fourth-order valence-electron chi connectivity index (χ4n) is 2.56. The van der Waals surface area contributed by atoms with E-state index < -0.39 is 11.6 Å². The van der Waals surface area contributed by atoms with Gasteiger partial charge in [0.2, 0.25) is 11.8 Å². The molecule has 0 fully saturated rings. The maximum atomic E-state index is 13.6. The van der Waals surface area contributed by atoms with Crippen LogP contribution in [0, 0.1) is 11.6 Å². The minimum absolute atomic E-state index is 0.0146. The van der Waals surface area contributed by atoms with Gasteiger partial charge in [-0.15, -0.1) is 11.3 Å². The smallest absolute Gasteiger partial charge is 0.226 e. The third kappa shape index (κ3) is 5.20. The van der Waals surface area contributed by atoms with E-state index in [1.54, 1.807) is 17.5 Å². The predicted octanol–water partition coefficient (Wildman–Crippen LogP) is 4.62. The number of anilines is 2. The van der Waals surface area contributed by atoms with Gasteiger partial charge in [0.1, 0.15) is 11.6 Å². The van der Waals surface area contributed by atoms with Crippen molar-refractivity contribution in [3.63, 3.8) is 0 Å². The monoisotopic (exact) mass is 401 g/mol. The zero-order valence-electron chi connectivity index (χ0n) is 15.0. The maximum Gasteiger partial charge on any atom is 0.226 e.